The predicted octanol–water partition coefficient (Wildman–Crippen LogP) is 2.57. The first kappa shape index (κ1) is 14.5. The molecule has 1 aromatic rings. The van der Waals surface area contributed by atoms with Gasteiger partial charge in [0.2, 0.25) is 0 Å². The minimum atomic E-state index is -1.10. The van der Waals surface area contributed by atoms with Crippen LogP contribution < -0.4 is 14.2 Å². The van der Waals surface area contributed by atoms with E-state index in [1.165, 1.54) is 0 Å². The number of ether oxygens (including phenoxy) is 2. The summed E-state index contributed by atoms with van der Waals surface area (Å²) in [6.07, 6.45) is 0.808. The predicted molar refractivity (Wildman–Crippen MR) is 76.9 cm³/mol. The molecule has 0 fully saturated rings. The van der Waals surface area contributed by atoms with Crippen LogP contribution in [0.25, 0.3) is 0 Å². The van der Waals surface area contributed by atoms with Crippen molar-refractivity contribution in [2.24, 2.45) is 0 Å². The minimum absolute atomic E-state index is 0.0407. The number of benzene rings is 1. The Balaban J connectivity index is 2.21. The van der Waals surface area contributed by atoms with E-state index in [0.29, 0.717) is 6.61 Å². The van der Waals surface area contributed by atoms with Crippen molar-refractivity contribution in [1.29, 1.82) is 0 Å². The molecule has 4 nitrogen and oxygen atoms in total. The van der Waals surface area contributed by atoms with Crippen molar-refractivity contribution in [3.63, 3.8) is 0 Å². The maximum absolute atomic E-state index is 12.2. The third-order valence-corrected chi connectivity index (χ3v) is 4.67. The molecule has 5 heteroatoms. The fraction of sp³-hybridized carbons (Fsp3) is 0.571. The Morgan fingerprint density at radius 3 is 2.79 bits per heavy atom. The Morgan fingerprint density at radius 1 is 1.42 bits per heavy atom. The molecule has 1 aromatic carbocycles. The molecule has 0 spiro atoms. The average Bonchev–Trinajstić information content (AvgIpc) is 2.37. The highest BCUT2D eigenvalue weighted by Gasteiger charge is 2.32. The van der Waals surface area contributed by atoms with Crippen LogP contribution in [0.3, 0.4) is 0 Å². The molecule has 0 bridgehead atoms. The number of fused-ring (bicyclic) bond motifs is 1. The third kappa shape index (κ3) is 3.35. The molecule has 1 heterocycles. The SMILES string of the molecule is COc1ccc2c(c1)C(N[S@@+]([O-])C(C)(C)C)CCO2. The van der Waals surface area contributed by atoms with E-state index < -0.39 is 11.4 Å². The summed E-state index contributed by atoms with van der Waals surface area (Å²) in [4.78, 5) is 0. The first-order valence-corrected chi connectivity index (χ1v) is 7.55. The van der Waals surface area contributed by atoms with Crippen LogP contribution in [0.2, 0.25) is 0 Å². The second-order valence-electron chi connectivity index (χ2n) is 5.59. The van der Waals surface area contributed by atoms with E-state index in [9.17, 15) is 4.55 Å². The summed E-state index contributed by atoms with van der Waals surface area (Å²) in [5.74, 6) is 1.63. The second kappa shape index (κ2) is 5.61. The van der Waals surface area contributed by atoms with Gasteiger partial charge < -0.3 is 14.0 Å². The van der Waals surface area contributed by atoms with Crippen LogP contribution in [-0.2, 0) is 11.4 Å². The summed E-state index contributed by atoms with van der Waals surface area (Å²) in [7, 11) is 1.64. The summed E-state index contributed by atoms with van der Waals surface area (Å²) in [5, 5.41) is 0. The van der Waals surface area contributed by atoms with Crippen molar-refractivity contribution in [1.82, 2.24) is 4.72 Å². The van der Waals surface area contributed by atoms with Gasteiger partial charge in [-0.1, -0.05) is 0 Å². The van der Waals surface area contributed by atoms with Crippen molar-refractivity contribution >= 4 is 11.4 Å². The average molecular weight is 283 g/mol. The molecule has 2 rings (SSSR count). The summed E-state index contributed by atoms with van der Waals surface area (Å²) >= 11 is -1.10. The number of hydrogen-bond acceptors (Lipinski definition) is 4. The lowest BCUT2D eigenvalue weighted by molar-refractivity contribution is 0.261. The van der Waals surface area contributed by atoms with Crippen molar-refractivity contribution in [3.05, 3.63) is 23.8 Å². The lowest BCUT2D eigenvalue weighted by atomic mass is 10.0. The Kier molecular flexibility index (Phi) is 4.28. The zero-order valence-corrected chi connectivity index (χ0v) is 12.7. The van der Waals surface area contributed by atoms with Crippen LogP contribution >= 0.6 is 0 Å². The van der Waals surface area contributed by atoms with Gasteiger partial charge in [0.15, 0.2) is 0 Å². The number of nitrogens with one attached hydrogen (secondary N) is 1. The Labute approximate surface area is 117 Å². The van der Waals surface area contributed by atoms with Gasteiger partial charge >= 0.3 is 0 Å². The number of methoxy groups -OCH3 is 1. The molecule has 1 N–H and O–H groups in total. The van der Waals surface area contributed by atoms with Crippen LogP contribution in [0.4, 0.5) is 0 Å². The Morgan fingerprint density at radius 2 is 2.16 bits per heavy atom. The van der Waals surface area contributed by atoms with Gasteiger partial charge in [0, 0.05) is 23.3 Å². The molecule has 1 aliphatic rings. The van der Waals surface area contributed by atoms with E-state index in [1.807, 2.05) is 39.0 Å². The molecule has 19 heavy (non-hydrogen) atoms. The van der Waals surface area contributed by atoms with E-state index in [-0.39, 0.29) is 10.8 Å². The highest BCUT2D eigenvalue weighted by Crippen LogP contribution is 2.35. The third-order valence-electron chi connectivity index (χ3n) is 3.06. The quantitative estimate of drug-likeness (QED) is 0.866. The number of hydrogen-bond donors (Lipinski definition) is 1. The molecular formula is C14H21NO3S. The van der Waals surface area contributed by atoms with E-state index in [0.717, 1.165) is 23.5 Å². The van der Waals surface area contributed by atoms with Crippen LogP contribution in [0, 0.1) is 0 Å². The van der Waals surface area contributed by atoms with E-state index in [4.69, 9.17) is 9.47 Å². The monoisotopic (exact) mass is 283 g/mol. The van der Waals surface area contributed by atoms with E-state index >= 15 is 0 Å². The van der Waals surface area contributed by atoms with Gasteiger partial charge in [0.05, 0.1) is 19.8 Å². The van der Waals surface area contributed by atoms with Crippen LogP contribution in [0.15, 0.2) is 18.2 Å². The zero-order valence-electron chi connectivity index (χ0n) is 11.9. The molecule has 1 aliphatic heterocycles. The van der Waals surface area contributed by atoms with Gasteiger partial charge in [0.25, 0.3) is 0 Å². The van der Waals surface area contributed by atoms with Crippen molar-refractivity contribution in [2.45, 2.75) is 38.0 Å². The normalized spacial score (nSPS) is 20.4. The number of rotatable bonds is 3. The first-order chi connectivity index (χ1) is 8.91. The van der Waals surface area contributed by atoms with E-state index in [1.54, 1.807) is 7.11 Å². The van der Waals surface area contributed by atoms with Crippen molar-refractivity contribution in [2.75, 3.05) is 13.7 Å². The van der Waals surface area contributed by atoms with Gasteiger partial charge in [-0.15, -0.1) is 4.72 Å². The fourth-order valence-electron chi connectivity index (χ4n) is 1.93. The molecule has 106 valence electrons. The molecule has 1 unspecified atom stereocenters. The van der Waals surface area contributed by atoms with Gasteiger partial charge in [-0.25, -0.2) is 0 Å². The van der Waals surface area contributed by atoms with Gasteiger partial charge in [0.1, 0.15) is 16.2 Å². The largest absolute Gasteiger partial charge is 0.598 e. The van der Waals surface area contributed by atoms with E-state index in [2.05, 4.69) is 4.72 Å². The molecule has 0 amide bonds. The second-order valence-corrected chi connectivity index (χ2v) is 7.59. The fourth-order valence-corrected chi connectivity index (χ4v) is 2.78. The topological polar surface area (TPSA) is 53.5 Å². The molecule has 2 atom stereocenters. The summed E-state index contributed by atoms with van der Waals surface area (Å²) in [6.45, 7) is 6.52. The molecule has 0 aliphatic carbocycles. The maximum Gasteiger partial charge on any atom is 0.136 e. The Bertz CT molecular complexity index is 445. The first-order valence-electron chi connectivity index (χ1n) is 6.40. The lowest BCUT2D eigenvalue weighted by Crippen LogP contribution is -2.42. The highest BCUT2D eigenvalue weighted by molar-refractivity contribution is 7.90. The van der Waals surface area contributed by atoms with Crippen molar-refractivity contribution in [3.8, 4) is 11.5 Å². The lowest BCUT2D eigenvalue weighted by Gasteiger charge is -2.31. The summed E-state index contributed by atoms with van der Waals surface area (Å²) in [5.41, 5.74) is 1.02. The van der Waals surface area contributed by atoms with Crippen LogP contribution in [0.1, 0.15) is 38.8 Å². The Hall–Kier alpha value is -0.910. The minimum Gasteiger partial charge on any atom is -0.598 e. The zero-order chi connectivity index (χ0) is 14.0. The highest BCUT2D eigenvalue weighted by atomic mass is 32.2. The molecule has 0 aromatic heterocycles. The molecule has 0 saturated carbocycles. The molecule has 0 saturated heterocycles. The van der Waals surface area contributed by atoms with Crippen LogP contribution in [-0.4, -0.2) is 23.0 Å². The molecular weight excluding hydrogens is 262 g/mol. The van der Waals surface area contributed by atoms with Gasteiger partial charge in [-0.05, 0) is 39.0 Å². The van der Waals surface area contributed by atoms with Gasteiger partial charge in [-0.2, -0.15) is 0 Å². The summed E-state index contributed by atoms with van der Waals surface area (Å²) in [6, 6.07) is 5.77. The standard InChI is InChI=1S/C14H21NO3S/c1-14(2,3)19(16)15-12-7-8-18-13-6-5-10(17-4)9-11(12)13/h5-6,9,12,15H,7-8H2,1-4H3/t12?,19-/m0/s1. The smallest absolute Gasteiger partial charge is 0.136 e. The summed E-state index contributed by atoms with van der Waals surface area (Å²) < 4.78 is 26.0. The maximum atomic E-state index is 12.2. The molecule has 0 radical (unpaired) electrons. The van der Waals surface area contributed by atoms with Gasteiger partial charge in [-0.3, -0.25) is 0 Å². The van der Waals surface area contributed by atoms with Crippen molar-refractivity contribution < 1.29 is 14.0 Å². The van der Waals surface area contributed by atoms with Crippen LogP contribution in [0.5, 0.6) is 11.5 Å².